The second kappa shape index (κ2) is 7.88. The molecule has 0 saturated heterocycles. The number of nitrogens with two attached hydrogens (primary N) is 1. The van der Waals surface area contributed by atoms with E-state index in [0.717, 1.165) is 44.7 Å². The molecule has 2 aliphatic carbocycles. The SMILES string of the molecule is NCCCCCC(=O)N(CC1CCCCC1)C1CC1. The first-order valence-corrected chi connectivity index (χ1v) is 8.31. The Kier molecular flexibility index (Phi) is 6.15. The molecule has 3 heteroatoms. The molecule has 0 aromatic rings. The lowest BCUT2D eigenvalue weighted by atomic mass is 9.89. The van der Waals surface area contributed by atoms with Crippen LogP contribution in [0.3, 0.4) is 0 Å². The average Bonchev–Trinajstić information content (AvgIpc) is 3.26. The van der Waals surface area contributed by atoms with Crippen LogP contribution in [0.1, 0.15) is 70.6 Å². The van der Waals surface area contributed by atoms with Crippen LogP contribution < -0.4 is 5.73 Å². The molecule has 0 atom stereocenters. The molecule has 2 fully saturated rings. The van der Waals surface area contributed by atoms with E-state index in [2.05, 4.69) is 4.90 Å². The zero-order chi connectivity index (χ0) is 13.5. The second-order valence-electron chi connectivity index (χ2n) is 6.38. The van der Waals surface area contributed by atoms with Gasteiger partial charge in [-0.25, -0.2) is 0 Å². The molecule has 0 heterocycles. The number of hydrogen-bond acceptors (Lipinski definition) is 2. The van der Waals surface area contributed by atoms with E-state index in [1.54, 1.807) is 0 Å². The maximum atomic E-state index is 12.4. The van der Waals surface area contributed by atoms with Crippen molar-refractivity contribution in [3.8, 4) is 0 Å². The third-order valence-electron chi connectivity index (χ3n) is 4.58. The number of carbonyl (C=O) groups is 1. The topological polar surface area (TPSA) is 46.3 Å². The summed E-state index contributed by atoms with van der Waals surface area (Å²) in [5.74, 6) is 1.19. The van der Waals surface area contributed by atoms with E-state index in [4.69, 9.17) is 5.73 Å². The van der Waals surface area contributed by atoms with Gasteiger partial charge in [0, 0.05) is 19.0 Å². The Morgan fingerprint density at radius 1 is 1.00 bits per heavy atom. The monoisotopic (exact) mass is 266 g/mol. The highest BCUT2D eigenvalue weighted by Crippen LogP contribution is 2.32. The summed E-state index contributed by atoms with van der Waals surface area (Å²) >= 11 is 0. The predicted octanol–water partition coefficient (Wildman–Crippen LogP) is 3.08. The Morgan fingerprint density at radius 2 is 1.74 bits per heavy atom. The molecule has 0 spiro atoms. The summed E-state index contributed by atoms with van der Waals surface area (Å²) in [6.07, 6.45) is 13.2. The highest BCUT2D eigenvalue weighted by Gasteiger charge is 2.33. The Labute approximate surface area is 117 Å². The van der Waals surface area contributed by atoms with Crippen molar-refractivity contribution < 1.29 is 4.79 Å². The first-order valence-electron chi connectivity index (χ1n) is 8.31. The minimum absolute atomic E-state index is 0.407. The molecule has 0 aliphatic heterocycles. The normalized spacial score (nSPS) is 20.5. The molecule has 0 aromatic carbocycles. The quantitative estimate of drug-likeness (QED) is 0.686. The van der Waals surface area contributed by atoms with E-state index in [-0.39, 0.29) is 0 Å². The van der Waals surface area contributed by atoms with E-state index in [1.807, 2.05) is 0 Å². The van der Waals surface area contributed by atoms with Gasteiger partial charge >= 0.3 is 0 Å². The summed E-state index contributed by atoms with van der Waals surface area (Å²) in [5, 5.41) is 0. The summed E-state index contributed by atoms with van der Waals surface area (Å²) in [6, 6.07) is 0.587. The molecule has 1 amide bonds. The smallest absolute Gasteiger partial charge is 0.222 e. The standard InChI is InChI=1S/C16H30N2O/c17-12-6-2-5-9-16(19)18(15-10-11-15)13-14-7-3-1-4-8-14/h14-15H,1-13,17H2. The molecule has 0 radical (unpaired) electrons. The number of rotatable bonds is 8. The van der Waals surface area contributed by atoms with Gasteiger partial charge in [0.25, 0.3) is 0 Å². The molecule has 3 nitrogen and oxygen atoms in total. The summed E-state index contributed by atoms with van der Waals surface area (Å²) in [4.78, 5) is 14.6. The van der Waals surface area contributed by atoms with Gasteiger partial charge in [0.2, 0.25) is 5.91 Å². The van der Waals surface area contributed by atoms with Crippen molar-refractivity contribution in [2.24, 2.45) is 11.7 Å². The van der Waals surface area contributed by atoms with Crippen LogP contribution in [0.5, 0.6) is 0 Å². The third kappa shape index (κ3) is 5.13. The molecule has 0 aromatic heterocycles. The van der Waals surface area contributed by atoms with Crippen molar-refractivity contribution in [3.05, 3.63) is 0 Å². The van der Waals surface area contributed by atoms with Crippen LogP contribution in [0.2, 0.25) is 0 Å². The lowest BCUT2D eigenvalue weighted by molar-refractivity contribution is -0.132. The van der Waals surface area contributed by atoms with Crippen molar-refractivity contribution in [1.29, 1.82) is 0 Å². The first-order chi connectivity index (χ1) is 9.31. The van der Waals surface area contributed by atoms with Crippen LogP contribution in [0.15, 0.2) is 0 Å². The summed E-state index contributed by atoms with van der Waals surface area (Å²) in [7, 11) is 0. The summed E-state index contributed by atoms with van der Waals surface area (Å²) in [6.45, 7) is 1.79. The Bertz CT molecular complexity index is 270. The number of unbranched alkanes of at least 4 members (excludes halogenated alkanes) is 2. The molecule has 0 unspecified atom stereocenters. The highest BCUT2D eigenvalue weighted by molar-refractivity contribution is 5.76. The van der Waals surface area contributed by atoms with Gasteiger partial charge in [0.1, 0.15) is 0 Å². The van der Waals surface area contributed by atoms with Crippen LogP contribution in [0, 0.1) is 5.92 Å². The molecule has 110 valence electrons. The van der Waals surface area contributed by atoms with Gasteiger partial charge in [0.15, 0.2) is 0 Å². The number of nitrogens with zero attached hydrogens (tertiary/aromatic N) is 1. The van der Waals surface area contributed by atoms with Crippen molar-refractivity contribution in [2.75, 3.05) is 13.1 Å². The van der Waals surface area contributed by atoms with Crippen molar-refractivity contribution in [1.82, 2.24) is 4.90 Å². The molecular weight excluding hydrogens is 236 g/mol. The molecule has 2 rings (SSSR count). The van der Waals surface area contributed by atoms with Gasteiger partial charge in [-0.2, -0.15) is 0 Å². The van der Waals surface area contributed by atoms with E-state index < -0.39 is 0 Å². The lowest BCUT2D eigenvalue weighted by Crippen LogP contribution is -2.37. The Hall–Kier alpha value is -0.570. The van der Waals surface area contributed by atoms with Crippen molar-refractivity contribution in [3.63, 3.8) is 0 Å². The van der Waals surface area contributed by atoms with Crippen molar-refractivity contribution >= 4 is 5.91 Å². The van der Waals surface area contributed by atoms with Crippen LogP contribution in [-0.2, 0) is 4.79 Å². The minimum Gasteiger partial charge on any atom is -0.339 e. The molecule has 2 N–H and O–H groups in total. The molecule has 0 bridgehead atoms. The van der Waals surface area contributed by atoms with Crippen molar-refractivity contribution in [2.45, 2.75) is 76.7 Å². The number of amides is 1. The lowest BCUT2D eigenvalue weighted by Gasteiger charge is -2.30. The fourth-order valence-corrected chi connectivity index (χ4v) is 3.23. The predicted molar refractivity (Wildman–Crippen MR) is 78.8 cm³/mol. The zero-order valence-electron chi connectivity index (χ0n) is 12.3. The van der Waals surface area contributed by atoms with Crippen LogP contribution >= 0.6 is 0 Å². The van der Waals surface area contributed by atoms with Gasteiger partial charge in [0.05, 0.1) is 0 Å². The summed E-state index contributed by atoms with van der Waals surface area (Å²) in [5.41, 5.74) is 5.49. The highest BCUT2D eigenvalue weighted by atomic mass is 16.2. The van der Waals surface area contributed by atoms with Gasteiger partial charge in [-0.15, -0.1) is 0 Å². The van der Waals surface area contributed by atoms with Crippen LogP contribution in [-0.4, -0.2) is 29.9 Å². The second-order valence-corrected chi connectivity index (χ2v) is 6.38. The van der Waals surface area contributed by atoms with Gasteiger partial charge in [-0.3, -0.25) is 4.79 Å². The molecule has 19 heavy (non-hydrogen) atoms. The van der Waals surface area contributed by atoms with Gasteiger partial charge in [-0.1, -0.05) is 25.7 Å². The number of hydrogen-bond donors (Lipinski definition) is 1. The maximum absolute atomic E-state index is 12.4. The van der Waals surface area contributed by atoms with E-state index in [0.29, 0.717) is 11.9 Å². The Morgan fingerprint density at radius 3 is 2.37 bits per heavy atom. The molecule has 2 aliphatic rings. The third-order valence-corrected chi connectivity index (χ3v) is 4.58. The van der Waals surface area contributed by atoms with Gasteiger partial charge < -0.3 is 10.6 Å². The maximum Gasteiger partial charge on any atom is 0.222 e. The first kappa shape index (κ1) is 14.8. The summed E-state index contributed by atoms with van der Waals surface area (Å²) < 4.78 is 0. The van der Waals surface area contributed by atoms with Crippen LogP contribution in [0.4, 0.5) is 0 Å². The fraction of sp³-hybridized carbons (Fsp3) is 0.938. The van der Waals surface area contributed by atoms with E-state index in [9.17, 15) is 4.79 Å². The molecular formula is C16H30N2O. The fourth-order valence-electron chi connectivity index (χ4n) is 3.23. The average molecular weight is 266 g/mol. The Balaban J connectivity index is 1.73. The molecule has 2 saturated carbocycles. The van der Waals surface area contributed by atoms with Crippen LogP contribution in [0.25, 0.3) is 0 Å². The van der Waals surface area contributed by atoms with E-state index in [1.165, 1.54) is 44.9 Å². The number of carbonyl (C=O) groups excluding carboxylic acids is 1. The largest absolute Gasteiger partial charge is 0.339 e. The minimum atomic E-state index is 0.407. The van der Waals surface area contributed by atoms with Gasteiger partial charge in [-0.05, 0) is 51.0 Å². The zero-order valence-corrected chi connectivity index (χ0v) is 12.3. The van der Waals surface area contributed by atoms with E-state index >= 15 is 0 Å².